The standard InChI is InChI=1S/C14H11FN4O2S2/c1-22-6-11-16-9(5-12(20)18-11)13(21)19-14-17-8-3-2-7(15)4-10(8)23-14/h2-5H,6H2,1H3,(H,16,18,20)(H,17,19,21). The first kappa shape index (κ1) is 15.6. The van der Waals surface area contributed by atoms with Gasteiger partial charge in [-0.3, -0.25) is 14.9 Å². The number of thioether (sulfide) groups is 1. The number of halogens is 1. The molecule has 1 aromatic carbocycles. The molecule has 0 bridgehead atoms. The molecule has 9 heteroatoms. The number of anilines is 1. The zero-order valence-electron chi connectivity index (χ0n) is 11.9. The summed E-state index contributed by atoms with van der Waals surface area (Å²) in [6, 6.07) is 5.33. The lowest BCUT2D eigenvalue weighted by molar-refractivity contribution is 0.102. The van der Waals surface area contributed by atoms with Crippen molar-refractivity contribution in [3.8, 4) is 0 Å². The van der Waals surface area contributed by atoms with Gasteiger partial charge in [0.15, 0.2) is 5.13 Å². The third-order valence-corrected chi connectivity index (χ3v) is 4.37. The molecule has 23 heavy (non-hydrogen) atoms. The van der Waals surface area contributed by atoms with E-state index in [9.17, 15) is 14.0 Å². The van der Waals surface area contributed by atoms with Crippen molar-refractivity contribution in [2.45, 2.75) is 5.75 Å². The number of aromatic nitrogens is 3. The Balaban J connectivity index is 1.86. The molecule has 3 rings (SSSR count). The minimum Gasteiger partial charge on any atom is -0.310 e. The summed E-state index contributed by atoms with van der Waals surface area (Å²) in [6.45, 7) is 0. The van der Waals surface area contributed by atoms with Crippen molar-refractivity contribution in [2.24, 2.45) is 0 Å². The Bertz CT molecular complexity index is 938. The second-order valence-electron chi connectivity index (χ2n) is 4.60. The monoisotopic (exact) mass is 350 g/mol. The molecular formula is C14H11FN4O2S2. The summed E-state index contributed by atoms with van der Waals surface area (Å²) in [5.74, 6) is 0.0352. The van der Waals surface area contributed by atoms with E-state index in [1.807, 2.05) is 6.26 Å². The number of fused-ring (bicyclic) bond motifs is 1. The fourth-order valence-electron chi connectivity index (χ4n) is 1.94. The molecule has 3 aromatic rings. The number of nitrogens with one attached hydrogen (secondary N) is 2. The highest BCUT2D eigenvalue weighted by Crippen LogP contribution is 2.26. The van der Waals surface area contributed by atoms with E-state index < -0.39 is 5.91 Å². The summed E-state index contributed by atoms with van der Waals surface area (Å²) in [7, 11) is 0. The lowest BCUT2D eigenvalue weighted by Gasteiger charge is -2.03. The van der Waals surface area contributed by atoms with Gasteiger partial charge in [0.1, 0.15) is 17.3 Å². The van der Waals surface area contributed by atoms with Gasteiger partial charge in [0.2, 0.25) is 0 Å². The van der Waals surface area contributed by atoms with Crippen LogP contribution in [-0.4, -0.2) is 27.1 Å². The highest BCUT2D eigenvalue weighted by Gasteiger charge is 2.13. The lowest BCUT2D eigenvalue weighted by atomic mass is 10.3. The van der Waals surface area contributed by atoms with Gasteiger partial charge in [0.05, 0.1) is 16.0 Å². The van der Waals surface area contributed by atoms with Crippen LogP contribution in [0.3, 0.4) is 0 Å². The van der Waals surface area contributed by atoms with E-state index in [0.29, 0.717) is 26.9 Å². The third-order valence-electron chi connectivity index (χ3n) is 2.88. The molecular weight excluding hydrogens is 339 g/mol. The van der Waals surface area contributed by atoms with Crippen LogP contribution in [0.2, 0.25) is 0 Å². The molecule has 2 N–H and O–H groups in total. The number of H-pyrrole nitrogens is 1. The summed E-state index contributed by atoms with van der Waals surface area (Å²) < 4.78 is 13.8. The smallest absolute Gasteiger partial charge is 0.276 e. The van der Waals surface area contributed by atoms with Gasteiger partial charge >= 0.3 is 0 Å². The number of amides is 1. The van der Waals surface area contributed by atoms with E-state index in [2.05, 4.69) is 20.3 Å². The highest BCUT2D eigenvalue weighted by atomic mass is 32.2. The maximum atomic E-state index is 13.2. The fraction of sp³-hybridized carbons (Fsp3) is 0.143. The summed E-state index contributed by atoms with van der Waals surface area (Å²) in [5.41, 5.74) is 0.220. The molecule has 0 radical (unpaired) electrons. The van der Waals surface area contributed by atoms with Gasteiger partial charge in [-0.25, -0.2) is 14.4 Å². The minimum absolute atomic E-state index is 0.0169. The number of nitrogens with zero attached hydrogens (tertiary/aromatic N) is 2. The second kappa shape index (κ2) is 6.47. The van der Waals surface area contributed by atoms with Gasteiger partial charge in [-0.1, -0.05) is 11.3 Å². The molecule has 0 aliphatic rings. The van der Waals surface area contributed by atoms with Crippen molar-refractivity contribution in [1.82, 2.24) is 15.0 Å². The zero-order chi connectivity index (χ0) is 16.4. The lowest BCUT2D eigenvalue weighted by Crippen LogP contribution is -2.20. The summed E-state index contributed by atoms with van der Waals surface area (Å²) in [5, 5.41) is 2.91. The molecule has 0 aliphatic carbocycles. The molecule has 6 nitrogen and oxygen atoms in total. The molecule has 118 valence electrons. The molecule has 0 atom stereocenters. The first-order valence-corrected chi connectivity index (χ1v) is 8.73. The largest absolute Gasteiger partial charge is 0.310 e. The number of hydrogen-bond acceptors (Lipinski definition) is 6. The van der Waals surface area contributed by atoms with Crippen molar-refractivity contribution >= 4 is 44.4 Å². The Labute approximate surface area is 138 Å². The SMILES string of the molecule is CSCc1nc(C(=O)Nc2nc3ccc(F)cc3s2)cc(=O)[nH]1. The number of aromatic amines is 1. The normalized spacial score (nSPS) is 10.9. The number of benzene rings is 1. The van der Waals surface area contributed by atoms with Crippen molar-refractivity contribution in [1.29, 1.82) is 0 Å². The van der Waals surface area contributed by atoms with Crippen molar-refractivity contribution in [3.63, 3.8) is 0 Å². The first-order chi connectivity index (χ1) is 11.0. The Morgan fingerprint density at radius 3 is 3.00 bits per heavy atom. The Hall–Kier alpha value is -2.26. The second-order valence-corrected chi connectivity index (χ2v) is 6.49. The van der Waals surface area contributed by atoms with Crippen molar-refractivity contribution in [3.05, 3.63) is 52.0 Å². The van der Waals surface area contributed by atoms with Crippen LogP contribution in [-0.2, 0) is 5.75 Å². The number of carbonyl (C=O) groups excluding carboxylic acids is 1. The number of hydrogen-bond donors (Lipinski definition) is 2. The number of thiazole rings is 1. The van der Waals surface area contributed by atoms with Crippen LogP contribution in [0.1, 0.15) is 16.3 Å². The quantitative estimate of drug-likeness (QED) is 0.755. The molecule has 0 fully saturated rings. The van der Waals surface area contributed by atoms with Crippen molar-refractivity contribution in [2.75, 3.05) is 11.6 Å². The van der Waals surface area contributed by atoms with E-state index in [4.69, 9.17) is 0 Å². The molecule has 0 saturated carbocycles. The zero-order valence-corrected chi connectivity index (χ0v) is 13.6. The van der Waals surface area contributed by atoms with E-state index in [0.717, 1.165) is 17.4 Å². The molecule has 1 amide bonds. The third kappa shape index (κ3) is 3.57. The highest BCUT2D eigenvalue weighted by molar-refractivity contribution is 7.97. The van der Waals surface area contributed by atoms with Crippen LogP contribution in [0, 0.1) is 5.82 Å². The first-order valence-electron chi connectivity index (χ1n) is 6.52. The van der Waals surface area contributed by atoms with Crippen LogP contribution < -0.4 is 10.9 Å². The summed E-state index contributed by atoms with van der Waals surface area (Å²) >= 11 is 2.63. The molecule has 2 heterocycles. The molecule has 0 aliphatic heterocycles. The van der Waals surface area contributed by atoms with Crippen LogP contribution in [0.25, 0.3) is 10.2 Å². The summed E-state index contributed by atoms with van der Waals surface area (Å²) in [4.78, 5) is 34.7. The average Bonchev–Trinajstić information content (AvgIpc) is 2.88. The van der Waals surface area contributed by atoms with E-state index >= 15 is 0 Å². The molecule has 0 saturated heterocycles. The Morgan fingerprint density at radius 2 is 2.22 bits per heavy atom. The molecule has 0 unspecified atom stereocenters. The van der Waals surface area contributed by atoms with Crippen LogP contribution in [0.5, 0.6) is 0 Å². The van der Waals surface area contributed by atoms with Crippen molar-refractivity contribution < 1.29 is 9.18 Å². The minimum atomic E-state index is -0.530. The average molecular weight is 350 g/mol. The van der Waals surface area contributed by atoms with Gasteiger partial charge in [-0.15, -0.1) is 0 Å². The van der Waals surface area contributed by atoms with Crippen LogP contribution in [0.15, 0.2) is 29.1 Å². The predicted octanol–water partition coefficient (Wildman–Crippen LogP) is 2.63. The van der Waals surface area contributed by atoms with Crippen LogP contribution >= 0.6 is 23.1 Å². The topological polar surface area (TPSA) is 87.7 Å². The van der Waals surface area contributed by atoms with E-state index in [1.54, 1.807) is 6.07 Å². The number of carbonyl (C=O) groups is 1. The van der Waals surface area contributed by atoms with Gasteiger partial charge in [0, 0.05) is 6.07 Å². The van der Waals surface area contributed by atoms with Gasteiger partial charge in [-0.2, -0.15) is 11.8 Å². The summed E-state index contributed by atoms with van der Waals surface area (Å²) in [6.07, 6.45) is 1.87. The Kier molecular flexibility index (Phi) is 4.39. The predicted molar refractivity (Wildman–Crippen MR) is 89.6 cm³/mol. The molecule has 0 spiro atoms. The number of rotatable bonds is 4. The van der Waals surface area contributed by atoms with Gasteiger partial charge < -0.3 is 4.98 Å². The molecule has 2 aromatic heterocycles. The van der Waals surface area contributed by atoms with E-state index in [1.165, 1.54) is 23.9 Å². The van der Waals surface area contributed by atoms with Gasteiger partial charge in [0.25, 0.3) is 11.5 Å². The maximum absolute atomic E-state index is 13.2. The van der Waals surface area contributed by atoms with Crippen LogP contribution in [0.4, 0.5) is 9.52 Å². The van der Waals surface area contributed by atoms with E-state index in [-0.39, 0.29) is 17.1 Å². The van der Waals surface area contributed by atoms with Gasteiger partial charge in [-0.05, 0) is 24.5 Å². The fourth-order valence-corrected chi connectivity index (χ4v) is 3.24. The maximum Gasteiger partial charge on any atom is 0.276 e. The Morgan fingerprint density at radius 1 is 1.39 bits per heavy atom.